The smallest absolute Gasteiger partial charge is 0.354 e. The van der Waals surface area contributed by atoms with Gasteiger partial charge in [0.2, 0.25) is 5.91 Å². The van der Waals surface area contributed by atoms with Crippen molar-refractivity contribution < 1.29 is 13.6 Å². The van der Waals surface area contributed by atoms with Crippen molar-refractivity contribution in [2.45, 2.75) is 6.55 Å². The molecule has 0 saturated carbocycles. The Labute approximate surface area is 73.8 Å². The maximum Gasteiger partial charge on any atom is 0.354 e. The van der Waals surface area contributed by atoms with Crippen molar-refractivity contribution in [3.63, 3.8) is 0 Å². The molecule has 1 N–H and O–H groups in total. The second kappa shape index (κ2) is 5.07. The number of nitrogens with one attached hydrogen (secondary N) is 1. The lowest BCUT2D eigenvalue weighted by Crippen LogP contribution is -2.48. The zero-order valence-corrected chi connectivity index (χ0v) is 8.72. The Morgan fingerprint density at radius 1 is 1.58 bits per heavy atom. The average molecular weight is 189 g/mol. The van der Waals surface area contributed by atoms with Crippen LogP contribution in [-0.4, -0.2) is 34.9 Å². The molecule has 0 fully saturated rings. The molecule has 0 aromatic rings. The minimum atomic E-state index is -2.16. The van der Waals surface area contributed by atoms with Crippen molar-refractivity contribution in [1.29, 1.82) is 0 Å². The second-order valence-electron chi connectivity index (χ2n) is 2.46. The molecule has 5 heteroatoms. The highest BCUT2D eigenvalue weighted by molar-refractivity contribution is 6.66. The van der Waals surface area contributed by atoms with Crippen LogP contribution in [0.5, 0.6) is 0 Å². The Morgan fingerprint density at radius 2 is 2.08 bits per heavy atom. The van der Waals surface area contributed by atoms with Gasteiger partial charge >= 0.3 is 8.56 Å². The minimum Gasteiger partial charge on any atom is -0.397 e. The quantitative estimate of drug-likeness (QED) is 0.496. The highest BCUT2D eigenvalue weighted by Crippen LogP contribution is 2.01. The van der Waals surface area contributed by atoms with Crippen molar-refractivity contribution >= 4 is 14.5 Å². The van der Waals surface area contributed by atoms with E-state index in [9.17, 15) is 4.79 Å². The summed E-state index contributed by atoms with van der Waals surface area (Å²) >= 11 is 0. The van der Waals surface area contributed by atoms with Crippen molar-refractivity contribution in [3.05, 3.63) is 12.7 Å². The first-order valence-electron chi connectivity index (χ1n) is 3.58. The van der Waals surface area contributed by atoms with E-state index in [1.54, 1.807) is 14.2 Å². The summed E-state index contributed by atoms with van der Waals surface area (Å²) in [7, 11) is 1.00. The summed E-state index contributed by atoms with van der Waals surface area (Å²) in [6.07, 6.45) is 1.66. The van der Waals surface area contributed by atoms with Crippen molar-refractivity contribution in [2.24, 2.45) is 0 Å². The fourth-order valence-electron chi connectivity index (χ4n) is 0.548. The molecule has 0 unspecified atom stereocenters. The molecule has 0 heterocycles. The molecule has 1 amide bonds. The van der Waals surface area contributed by atoms with Crippen LogP contribution in [-0.2, 0) is 13.6 Å². The first-order chi connectivity index (χ1) is 5.58. The topological polar surface area (TPSA) is 47.6 Å². The van der Waals surface area contributed by atoms with Crippen LogP contribution in [0.4, 0.5) is 0 Å². The summed E-state index contributed by atoms with van der Waals surface area (Å²) in [5.74, 6) is -0.206. The van der Waals surface area contributed by atoms with E-state index in [1.165, 1.54) is 6.08 Å². The van der Waals surface area contributed by atoms with Crippen LogP contribution in [0, 0.1) is 0 Å². The largest absolute Gasteiger partial charge is 0.397 e. The first-order valence-corrected chi connectivity index (χ1v) is 6.11. The zero-order chi connectivity index (χ0) is 9.61. The maximum atomic E-state index is 10.8. The van der Waals surface area contributed by atoms with Gasteiger partial charge in [0.05, 0.1) is 6.17 Å². The second-order valence-corrected chi connectivity index (χ2v) is 5.90. The first kappa shape index (κ1) is 11.3. The molecule has 0 saturated heterocycles. The molecule has 0 atom stereocenters. The van der Waals surface area contributed by atoms with Gasteiger partial charge < -0.3 is 14.2 Å². The molecule has 4 nitrogen and oxygen atoms in total. The van der Waals surface area contributed by atoms with Gasteiger partial charge in [-0.3, -0.25) is 4.79 Å². The van der Waals surface area contributed by atoms with Gasteiger partial charge in [0.15, 0.2) is 0 Å². The van der Waals surface area contributed by atoms with E-state index >= 15 is 0 Å². The number of rotatable bonds is 5. The number of carbonyl (C=O) groups is 1. The molecule has 0 aromatic heterocycles. The van der Waals surface area contributed by atoms with Crippen LogP contribution in [0.15, 0.2) is 12.7 Å². The number of hydrogen-bond donors (Lipinski definition) is 1. The summed E-state index contributed by atoms with van der Waals surface area (Å²) in [5, 5.41) is 2.63. The SMILES string of the molecule is C=CC(=O)NC[Si](C)(OC)OC. The van der Waals surface area contributed by atoms with Gasteiger partial charge in [-0.15, -0.1) is 0 Å². The molecule has 0 spiro atoms. The van der Waals surface area contributed by atoms with Gasteiger partial charge in [0, 0.05) is 14.2 Å². The van der Waals surface area contributed by atoms with Gasteiger partial charge in [0.25, 0.3) is 0 Å². The van der Waals surface area contributed by atoms with E-state index in [1.807, 2.05) is 6.55 Å². The van der Waals surface area contributed by atoms with Gasteiger partial charge in [-0.2, -0.15) is 0 Å². The Balaban J connectivity index is 3.88. The van der Waals surface area contributed by atoms with Gasteiger partial charge in [0.1, 0.15) is 0 Å². The summed E-state index contributed by atoms with van der Waals surface area (Å²) in [5.41, 5.74) is 0. The van der Waals surface area contributed by atoms with E-state index in [4.69, 9.17) is 8.85 Å². The van der Waals surface area contributed by atoms with E-state index in [2.05, 4.69) is 11.9 Å². The molecule has 0 aliphatic carbocycles. The summed E-state index contributed by atoms with van der Waals surface area (Å²) in [6, 6.07) is 0. The summed E-state index contributed by atoms with van der Waals surface area (Å²) < 4.78 is 10.3. The Bertz CT molecular complexity index is 168. The van der Waals surface area contributed by atoms with Crippen molar-refractivity contribution in [2.75, 3.05) is 20.4 Å². The molecule has 0 aliphatic heterocycles. The third-order valence-electron chi connectivity index (χ3n) is 1.63. The molecule has 12 heavy (non-hydrogen) atoms. The summed E-state index contributed by atoms with van der Waals surface area (Å²) in [4.78, 5) is 10.8. The molecule has 0 radical (unpaired) electrons. The van der Waals surface area contributed by atoms with Crippen LogP contribution in [0.2, 0.25) is 6.55 Å². The van der Waals surface area contributed by atoms with Crippen LogP contribution < -0.4 is 5.32 Å². The molecule has 70 valence electrons. The average Bonchev–Trinajstić information content (AvgIpc) is 2.13. The third-order valence-corrected chi connectivity index (χ3v) is 4.18. The predicted octanol–water partition coefficient (Wildman–Crippen LogP) is 0.193. The van der Waals surface area contributed by atoms with Crippen molar-refractivity contribution in [3.8, 4) is 0 Å². The number of hydrogen-bond acceptors (Lipinski definition) is 3. The predicted molar refractivity (Wildman–Crippen MR) is 48.8 cm³/mol. The van der Waals surface area contributed by atoms with Crippen molar-refractivity contribution in [1.82, 2.24) is 5.32 Å². The molecule has 0 rings (SSSR count). The van der Waals surface area contributed by atoms with Crippen LogP contribution in [0.3, 0.4) is 0 Å². The highest BCUT2D eigenvalue weighted by atomic mass is 28.4. The zero-order valence-electron chi connectivity index (χ0n) is 7.72. The maximum absolute atomic E-state index is 10.8. The van der Waals surface area contributed by atoms with Gasteiger partial charge in [-0.25, -0.2) is 0 Å². The fraction of sp³-hybridized carbons (Fsp3) is 0.571. The lowest BCUT2D eigenvalue weighted by atomic mass is 10.6. The highest BCUT2D eigenvalue weighted by Gasteiger charge is 2.28. The molecule has 0 bridgehead atoms. The van der Waals surface area contributed by atoms with Crippen LogP contribution in [0.1, 0.15) is 0 Å². The van der Waals surface area contributed by atoms with Gasteiger partial charge in [-0.05, 0) is 12.6 Å². The normalized spacial score (nSPS) is 10.9. The third kappa shape index (κ3) is 3.66. The summed E-state index contributed by atoms with van der Waals surface area (Å²) in [6.45, 7) is 5.21. The molecular weight excluding hydrogens is 174 g/mol. The van der Waals surface area contributed by atoms with Crippen LogP contribution >= 0.6 is 0 Å². The fourth-order valence-corrected chi connectivity index (χ4v) is 1.50. The van der Waals surface area contributed by atoms with E-state index < -0.39 is 8.56 Å². The standard InChI is InChI=1S/C7H15NO3Si/c1-5-7(9)8-6-12(4,10-2)11-3/h5H,1,6H2,2-4H3,(H,8,9). The van der Waals surface area contributed by atoms with E-state index in [0.29, 0.717) is 6.17 Å². The Kier molecular flexibility index (Phi) is 4.80. The molecule has 0 aliphatic rings. The Morgan fingerprint density at radius 3 is 2.42 bits per heavy atom. The Hall–Kier alpha value is -0.653. The van der Waals surface area contributed by atoms with E-state index in [-0.39, 0.29) is 5.91 Å². The number of amides is 1. The van der Waals surface area contributed by atoms with Gasteiger partial charge in [-0.1, -0.05) is 6.58 Å². The minimum absolute atomic E-state index is 0.206. The lowest BCUT2D eigenvalue weighted by Gasteiger charge is -2.22. The monoisotopic (exact) mass is 189 g/mol. The number of carbonyl (C=O) groups excluding carboxylic acids is 1. The lowest BCUT2D eigenvalue weighted by molar-refractivity contribution is -0.116. The molecular formula is C7H15NO3Si. The molecule has 0 aromatic carbocycles. The van der Waals surface area contributed by atoms with Crippen LogP contribution in [0.25, 0.3) is 0 Å². The van der Waals surface area contributed by atoms with E-state index in [0.717, 1.165) is 0 Å².